The maximum absolute atomic E-state index is 13.6. The predicted molar refractivity (Wildman–Crippen MR) is 118 cm³/mol. The molecule has 2 aromatic rings. The van der Waals surface area contributed by atoms with E-state index in [2.05, 4.69) is 6.92 Å². The molecule has 4 heteroatoms. The number of rotatable bonds is 8. The normalized spacial score (nSPS) is 14.3. The summed E-state index contributed by atoms with van der Waals surface area (Å²) in [6.07, 6.45) is 8.30. The number of esters is 1. The summed E-state index contributed by atoms with van der Waals surface area (Å²) in [7, 11) is 1.42. The van der Waals surface area contributed by atoms with E-state index in [0.29, 0.717) is 12.2 Å². The van der Waals surface area contributed by atoms with Crippen molar-refractivity contribution in [3.05, 3.63) is 63.5 Å². The molecule has 30 heavy (non-hydrogen) atoms. The third-order valence-corrected chi connectivity index (χ3v) is 6.64. The lowest BCUT2D eigenvalue weighted by molar-refractivity contribution is -0.140. The molecule has 2 aromatic carbocycles. The van der Waals surface area contributed by atoms with Gasteiger partial charge in [0.05, 0.1) is 7.11 Å². The number of ether oxygens (including phenoxy) is 1. The van der Waals surface area contributed by atoms with Gasteiger partial charge in [0.2, 0.25) is 0 Å². The predicted octanol–water partition coefficient (Wildman–Crippen LogP) is 6.28. The lowest BCUT2D eigenvalue weighted by Crippen LogP contribution is -2.14. The second kappa shape index (κ2) is 10.1. The molecular weight excluding hydrogens is 379 g/mol. The third kappa shape index (κ3) is 4.85. The van der Waals surface area contributed by atoms with Gasteiger partial charge in [-0.25, -0.2) is 4.39 Å². The Hall–Kier alpha value is -2.36. The van der Waals surface area contributed by atoms with E-state index < -0.39 is 0 Å². The molecule has 1 aliphatic carbocycles. The first kappa shape index (κ1) is 22.3. The Morgan fingerprint density at radius 1 is 1.03 bits per heavy atom. The van der Waals surface area contributed by atoms with Crippen LogP contribution in [0.4, 0.5) is 4.39 Å². The molecule has 0 spiro atoms. The highest BCUT2D eigenvalue weighted by Gasteiger charge is 2.27. The number of unbranched alkanes of at least 4 members (excludes halogenated alkanes) is 2. The molecule has 0 saturated heterocycles. The van der Waals surface area contributed by atoms with Gasteiger partial charge >= 0.3 is 5.97 Å². The van der Waals surface area contributed by atoms with Crippen LogP contribution in [0.1, 0.15) is 84.2 Å². The summed E-state index contributed by atoms with van der Waals surface area (Å²) in [5.41, 5.74) is 6.93. The van der Waals surface area contributed by atoms with E-state index in [0.717, 1.165) is 61.6 Å². The van der Waals surface area contributed by atoms with Crippen molar-refractivity contribution in [2.75, 3.05) is 7.11 Å². The van der Waals surface area contributed by atoms with Gasteiger partial charge in [0.15, 0.2) is 0 Å². The molecule has 1 unspecified atom stereocenters. The summed E-state index contributed by atoms with van der Waals surface area (Å²) in [6.45, 7) is 4.11. The van der Waals surface area contributed by atoms with E-state index in [9.17, 15) is 14.3 Å². The van der Waals surface area contributed by atoms with Crippen LogP contribution in [-0.4, -0.2) is 18.2 Å². The van der Waals surface area contributed by atoms with Crippen molar-refractivity contribution in [3.8, 4) is 5.75 Å². The lowest BCUT2D eigenvalue weighted by Gasteiger charge is -2.29. The van der Waals surface area contributed by atoms with E-state index in [-0.39, 0.29) is 17.7 Å². The van der Waals surface area contributed by atoms with Crippen molar-refractivity contribution < 1.29 is 19.0 Å². The summed E-state index contributed by atoms with van der Waals surface area (Å²) >= 11 is 0. The summed E-state index contributed by atoms with van der Waals surface area (Å²) in [4.78, 5) is 11.4. The Bertz CT molecular complexity index is 886. The molecule has 3 nitrogen and oxygen atoms in total. The summed E-state index contributed by atoms with van der Waals surface area (Å²) in [6, 6.07) is 6.70. The minimum Gasteiger partial charge on any atom is -0.507 e. The Labute approximate surface area is 179 Å². The summed E-state index contributed by atoms with van der Waals surface area (Å²) in [5, 5.41) is 11.2. The Balaban J connectivity index is 1.93. The molecule has 0 aromatic heterocycles. The number of carbonyl (C=O) groups is 1. The second-order valence-corrected chi connectivity index (χ2v) is 8.46. The molecule has 3 rings (SSSR count). The van der Waals surface area contributed by atoms with Crippen molar-refractivity contribution in [1.82, 2.24) is 0 Å². The highest BCUT2D eigenvalue weighted by Crippen LogP contribution is 2.44. The number of phenols is 1. The number of hydrogen-bond acceptors (Lipinski definition) is 3. The third-order valence-electron chi connectivity index (χ3n) is 6.64. The Kier molecular flexibility index (Phi) is 7.52. The average molecular weight is 413 g/mol. The van der Waals surface area contributed by atoms with Gasteiger partial charge in [-0.1, -0.05) is 25.0 Å². The number of aromatic hydroxyl groups is 1. The minimum atomic E-state index is -0.248. The smallest absolute Gasteiger partial charge is 0.305 e. The Morgan fingerprint density at radius 3 is 2.37 bits per heavy atom. The van der Waals surface area contributed by atoms with E-state index in [1.54, 1.807) is 0 Å². The maximum Gasteiger partial charge on any atom is 0.305 e. The van der Waals surface area contributed by atoms with Crippen LogP contribution in [0.3, 0.4) is 0 Å². The SMILES string of the molecule is COC(=O)CCCCCC(c1ccc(F)cc1)c1c(O)c(C)c(C)c2c1CCCC2. The minimum absolute atomic E-state index is 0.0230. The van der Waals surface area contributed by atoms with Gasteiger partial charge in [-0.2, -0.15) is 0 Å². The fraction of sp³-hybridized carbons (Fsp3) is 0.500. The zero-order valence-corrected chi connectivity index (χ0v) is 18.4. The maximum atomic E-state index is 13.6. The molecule has 1 atom stereocenters. The van der Waals surface area contributed by atoms with Gasteiger partial charge in [0.25, 0.3) is 0 Å². The van der Waals surface area contributed by atoms with Gasteiger partial charge in [-0.05, 0) is 92.3 Å². The van der Waals surface area contributed by atoms with Crippen molar-refractivity contribution in [2.45, 2.75) is 77.6 Å². The summed E-state index contributed by atoms with van der Waals surface area (Å²) < 4.78 is 18.3. The number of halogens is 1. The van der Waals surface area contributed by atoms with E-state index in [1.807, 2.05) is 19.1 Å². The molecule has 162 valence electrons. The first-order valence-electron chi connectivity index (χ1n) is 11.1. The molecule has 1 N–H and O–H groups in total. The fourth-order valence-corrected chi connectivity index (χ4v) is 4.81. The fourth-order valence-electron chi connectivity index (χ4n) is 4.81. The quantitative estimate of drug-likeness (QED) is 0.410. The molecule has 0 saturated carbocycles. The number of benzene rings is 2. The first-order valence-corrected chi connectivity index (χ1v) is 11.1. The largest absolute Gasteiger partial charge is 0.507 e. The van der Waals surface area contributed by atoms with Gasteiger partial charge < -0.3 is 9.84 Å². The van der Waals surface area contributed by atoms with E-state index >= 15 is 0 Å². The van der Waals surface area contributed by atoms with Crippen LogP contribution < -0.4 is 0 Å². The van der Waals surface area contributed by atoms with Crippen molar-refractivity contribution in [1.29, 1.82) is 0 Å². The highest BCUT2D eigenvalue weighted by atomic mass is 19.1. The van der Waals surface area contributed by atoms with Gasteiger partial charge in [-0.15, -0.1) is 0 Å². The number of methoxy groups -OCH3 is 1. The van der Waals surface area contributed by atoms with Crippen LogP contribution in [0, 0.1) is 19.7 Å². The van der Waals surface area contributed by atoms with Crippen LogP contribution in [-0.2, 0) is 22.4 Å². The summed E-state index contributed by atoms with van der Waals surface area (Å²) in [5.74, 6) is -0.000198. The van der Waals surface area contributed by atoms with Crippen LogP contribution in [0.15, 0.2) is 24.3 Å². The molecule has 0 fully saturated rings. The van der Waals surface area contributed by atoms with Crippen LogP contribution in [0.2, 0.25) is 0 Å². The number of hydrogen-bond donors (Lipinski definition) is 1. The molecule has 0 aliphatic heterocycles. The molecule has 1 aliphatic rings. The van der Waals surface area contributed by atoms with Crippen LogP contribution in [0.25, 0.3) is 0 Å². The number of carbonyl (C=O) groups excluding carboxylic acids is 1. The zero-order chi connectivity index (χ0) is 21.7. The Morgan fingerprint density at radius 2 is 1.70 bits per heavy atom. The van der Waals surface area contributed by atoms with Crippen molar-refractivity contribution in [2.24, 2.45) is 0 Å². The van der Waals surface area contributed by atoms with Crippen molar-refractivity contribution >= 4 is 5.97 Å². The molecular formula is C26H33FO3. The van der Waals surface area contributed by atoms with Crippen LogP contribution >= 0.6 is 0 Å². The average Bonchev–Trinajstić information content (AvgIpc) is 2.76. The highest BCUT2D eigenvalue weighted by molar-refractivity contribution is 5.69. The zero-order valence-electron chi connectivity index (χ0n) is 18.4. The molecule has 0 amide bonds. The topological polar surface area (TPSA) is 46.5 Å². The molecule has 0 bridgehead atoms. The lowest BCUT2D eigenvalue weighted by atomic mass is 9.76. The van der Waals surface area contributed by atoms with Crippen LogP contribution in [0.5, 0.6) is 5.75 Å². The first-order chi connectivity index (χ1) is 14.4. The van der Waals surface area contributed by atoms with Gasteiger partial charge in [0.1, 0.15) is 11.6 Å². The molecule has 0 heterocycles. The van der Waals surface area contributed by atoms with Gasteiger partial charge in [0, 0.05) is 17.9 Å². The standard InChI is InChI=1S/C26H33FO3/c1-17-18(2)26(29)25(23-11-8-7-9-21(17)23)22(19-13-15-20(27)16-14-19)10-5-4-6-12-24(28)30-3/h13-16,22,29H,4-12H2,1-3H3. The van der Waals surface area contributed by atoms with E-state index in [1.165, 1.54) is 42.4 Å². The van der Waals surface area contributed by atoms with E-state index in [4.69, 9.17) is 4.74 Å². The second-order valence-electron chi connectivity index (χ2n) is 8.46. The number of phenolic OH excluding ortho intramolecular Hbond substituents is 1. The van der Waals surface area contributed by atoms with Crippen molar-refractivity contribution in [3.63, 3.8) is 0 Å². The van der Waals surface area contributed by atoms with Gasteiger partial charge in [-0.3, -0.25) is 4.79 Å². The monoisotopic (exact) mass is 412 g/mol. The number of fused-ring (bicyclic) bond motifs is 1. The molecule has 0 radical (unpaired) electrons.